The normalized spacial score (nSPS) is 11.3. The lowest BCUT2D eigenvalue weighted by molar-refractivity contribution is 0.0598. The van der Waals surface area contributed by atoms with E-state index in [1.807, 2.05) is 30.3 Å². The van der Waals surface area contributed by atoms with E-state index in [1.165, 1.54) is 18.4 Å². The van der Waals surface area contributed by atoms with Gasteiger partial charge in [-0.2, -0.15) is 0 Å². The summed E-state index contributed by atoms with van der Waals surface area (Å²) in [6.45, 7) is 6.18. The van der Waals surface area contributed by atoms with Crippen molar-refractivity contribution in [1.29, 1.82) is 0 Å². The zero-order valence-electron chi connectivity index (χ0n) is 13.3. The Hall–Kier alpha value is -1.94. The van der Waals surface area contributed by atoms with Gasteiger partial charge in [-0.1, -0.05) is 51.1 Å². The minimum atomic E-state index is -0.455. The number of rotatable bonds is 4. The first-order chi connectivity index (χ1) is 10.3. The first kappa shape index (κ1) is 16.4. The van der Waals surface area contributed by atoms with Crippen molar-refractivity contribution in [2.24, 2.45) is 0 Å². The third kappa shape index (κ3) is 3.63. The van der Waals surface area contributed by atoms with Crippen molar-refractivity contribution in [3.05, 3.63) is 57.3 Å². The maximum Gasteiger partial charge on any atom is 0.339 e. The van der Waals surface area contributed by atoms with Gasteiger partial charge in [-0.15, -0.1) is 11.3 Å². The number of methoxy groups -OCH3 is 1. The van der Waals surface area contributed by atoms with Crippen LogP contribution in [0.15, 0.2) is 36.4 Å². The number of carbonyl (C=O) groups is 2. The molecule has 0 atom stereocenters. The molecule has 0 saturated carbocycles. The van der Waals surface area contributed by atoms with Crippen LogP contribution >= 0.6 is 11.3 Å². The molecular weight excluding hydrogens is 296 g/mol. The summed E-state index contributed by atoms with van der Waals surface area (Å²) in [5.74, 6) is -0.504. The minimum Gasteiger partial charge on any atom is -0.465 e. The molecule has 22 heavy (non-hydrogen) atoms. The van der Waals surface area contributed by atoms with Gasteiger partial charge in [0.2, 0.25) is 0 Å². The lowest BCUT2D eigenvalue weighted by Gasteiger charge is -2.15. The van der Waals surface area contributed by atoms with Gasteiger partial charge in [0.25, 0.3) is 0 Å². The highest BCUT2D eigenvalue weighted by Gasteiger charge is 2.26. The van der Waals surface area contributed by atoms with E-state index in [2.05, 4.69) is 20.8 Å². The summed E-state index contributed by atoms with van der Waals surface area (Å²) in [5, 5.41) is 0. The number of benzene rings is 1. The fraction of sp³-hybridized carbons (Fsp3) is 0.333. The molecule has 0 aliphatic rings. The Morgan fingerprint density at radius 1 is 1.14 bits per heavy atom. The van der Waals surface area contributed by atoms with Crippen molar-refractivity contribution < 1.29 is 14.3 Å². The molecule has 1 aromatic heterocycles. The second-order valence-electron chi connectivity index (χ2n) is 6.18. The Morgan fingerprint density at radius 2 is 1.77 bits per heavy atom. The van der Waals surface area contributed by atoms with Gasteiger partial charge in [0.15, 0.2) is 5.78 Å². The average molecular weight is 316 g/mol. The van der Waals surface area contributed by atoms with Crippen LogP contribution in [0, 0.1) is 0 Å². The molecule has 0 N–H and O–H groups in total. The third-order valence-electron chi connectivity index (χ3n) is 3.34. The van der Waals surface area contributed by atoms with Gasteiger partial charge in [-0.25, -0.2) is 4.79 Å². The van der Waals surface area contributed by atoms with Crippen molar-refractivity contribution in [3.63, 3.8) is 0 Å². The maximum atomic E-state index is 12.6. The molecule has 0 spiro atoms. The number of carbonyl (C=O) groups excluding carboxylic acids is 2. The van der Waals surface area contributed by atoms with Crippen LogP contribution in [0.2, 0.25) is 0 Å². The smallest absolute Gasteiger partial charge is 0.339 e. The van der Waals surface area contributed by atoms with E-state index in [0.29, 0.717) is 10.4 Å². The number of esters is 1. The van der Waals surface area contributed by atoms with Crippen LogP contribution in [-0.2, 0) is 16.6 Å². The minimum absolute atomic E-state index is 0.0490. The summed E-state index contributed by atoms with van der Waals surface area (Å²) in [4.78, 5) is 26.1. The van der Waals surface area contributed by atoms with Crippen molar-refractivity contribution in [3.8, 4) is 0 Å². The van der Waals surface area contributed by atoms with Gasteiger partial charge in [-0.3, -0.25) is 4.79 Å². The lowest BCUT2D eigenvalue weighted by Crippen LogP contribution is -2.09. The molecule has 0 bridgehead atoms. The number of Topliss-reactive ketones (excluding diaryl/α,β-unsaturated/α-hetero) is 1. The van der Waals surface area contributed by atoms with Crippen LogP contribution in [0.1, 0.15) is 51.2 Å². The second-order valence-corrected chi connectivity index (χ2v) is 7.23. The highest BCUT2D eigenvalue weighted by molar-refractivity contribution is 7.14. The molecule has 0 aliphatic carbocycles. The zero-order chi connectivity index (χ0) is 16.3. The summed E-state index contributed by atoms with van der Waals surface area (Å²) in [6, 6.07) is 11.3. The number of ketones is 1. The zero-order valence-corrected chi connectivity index (χ0v) is 14.1. The quantitative estimate of drug-likeness (QED) is 0.625. The predicted molar refractivity (Wildman–Crippen MR) is 88.8 cm³/mol. The van der Waals surface area contributed by atoms with Crippen LogP contribution in [0.25, 0.3) is 0 Å². The van der Waals surface area contributed by atoms with E-state index < -0.39 is 5.97 Å². The van der Waals surface area contributed by atoms with Gasteiger partial charge in [0, 0.05) is 11.3 Å². The number of ether oxygens (including phenoxy) is 1. The first-order valence-corrected chi connectivity index (χ1v) is 7.94. The summed E-state index contributed by atoms with van der Waals surface area (Å²) in [6.07, 6.45) is 0.287. The number of thiophene rings is 1. The van der Waals surface area contributed by atoms with Crippen molar-refractivity contribution in [2.75, 3.05) is 7.11 Å². The molecule has 0 aliphatic heterocycles. The molecule has 0 radical (unpaired) electrons. The van der Waals surface area contributed by atoms with Gasteiger partial charge in [0.1, 0.15) is 0 Å². The Labute approximate surface area is 134 Å². The van der Waals surface area contributed by atoms with E-state index in [1.54, 1.807) is 6.07 Å². The maximum absolute atomic E-state index is 12.6. The predicted octanol–water partition coefficient (Wildman–Crippen LogP) is 4.26. The Balaban J connectivity index is 2.38. The second kappa shape index (κ2) is 6.44. The molecule has 4 heteroatoms. The first-order valence-electron chi connectivity index (χ1n) is 7.12. The SMILES string of the molecule is COC(=O)c1cc(C(C)(C)C)sc1C(=O)Cc1ccccc1. The molecule has 0 saturated heterocycles. The van der Waals surface area contributed by atoms with Crippen LogP contribution < -0.4 is 0 Å². The fourth-order valence-electron chi connectivity index (χ4n) is 2.09. The van der Waals surface area contributed by atoms with Crippen molar-refractivity contribution in [1.82, 2.24) is 0 Å². The Bertz CT molecular complexity index is 678. The molecule has 0 amide bonds. The Morgan fingerprint density at radius 3 is 2.32 bits per heavy atom. The topological polar surface area (TPSA) is 43.4 Å². The van der Waals surface area contributed by atoms with Crippen LogP contribution in [0.4, 0.5) is 0 Å². The monoisotopic (exact) mass is 316 g/mol. The summed E-state index contributed by atoms with van der Waals surface area (Å²) in [5.41, 5.74) is 1.20. The number of hydrogen-bond acceptors (Lipinski definition) is 4. The molecule has 116 valence electrons. The lowest BCUT2D eigenvalue weighted by atomic mass is 9.94. The number of hydrogen-bond donors (Lipinski definition) is 0. The van der Waals surface area contributed by atoms with E-state index in [4.69, 9.17) is 4.74 Å². The average Bonchev–Trinajstić information content (AvgIpc) is 2.93. The largest absolute Gasteiger partial charge is 0.465 e. The van der Waals surface area contributed by atoms with E-state index >= 15 is 0 Å². The summed E-state index contributed by atoms with van der Waals surface area (Å²) >= 11 is 1.39. The summed E-state index contributed by atoms with van der Waals surface area (Å²) < 4.78 is 4.82. The van der Waals surface area contributed by atoms with E-state index in [0.717, 1.165) is 10.4 Å². The van der Waals surface area contributed by atoms with Gasteiger partial charge in [-0.05, 0) is 17.0 Å². The van der Waals surface area contributed by atoms with Gasteiger partial charge >= 0.3 is 5.97 Å². The highest BCUT2D eigenvalue weighted by Crippen LogP contribution is 2.33. The molecular formula is C18H20O3S. The molecule has 3 nitrogen and oxygen atoms in total. The van der Waals surface area contributed by atoms with Gasteiger partial charge < -0.3 is 4.74 Å². The third-order valence-corrected chi connectivity index (χ3v) is 4.94. The molecule has 2 aromatic rings. The molecule has 2 rings (SSSR count). The van der Waals surface area contributed by atoms with Crippen LogP contribution in [-0.4, -0.2) is 18.9 Å². The fourth-order valence-corrected chi connectivity index (χ4v) is 3.23. The molecule has 0 fully saturated rings. The molecule has 0 unspecified atom stereocenters. The van der Waals surface area contributed by atoms with Gasteiger partial charge in [0.05, 0.1) is 17.6 Å². The van der Waals surface area contributed by atoms with E-state index in [-0.39, 0.29) is 17.6 Å². The summed E-state index contributed by atoms with van der Waals surface area (Å²) in [7, 11) is 1.34. The van der Waals surface area contributed by atoms with Crippen LogP contribution in [0.5, 0.6) is 0 Å². The highest BCUT2D eigenvalue weighted by atomic mass is 32.1. The standard InChI is InChI=1S/C18H20O3S/c1-18(2,3)15-11-13(17(20)21-4)16(22-15)14(19)10-12-8-6-5-7-9-12/h5-9,11H,10H2,1-4H3. The van der Waals surface area contributed by atoms with Crippen molar-refractivity contribution in [2.45, 2.75) is 32.6 Å². The Kier molecular flexibility index (Phi) is 4.81. The van der Waals surface area contributed by atoms with Crippen LogP contribution in [0.3, 0.4) is 0 Å². The van der Waals surface area contributed by atoms with E-state index in [9.17, 15) is 9.59 Å². The molecule has 1 heterocycles. The molecule has 1 aromatic carbocycles. The van der Waals surface area contributed by atoms with Crippen molar-refractivity contribution >= 4 is 23.1 Å².